The van der Waals surface area contributed by atoms with Crippen molar-refractivity contribution in [2.75, 3.05) is 32.8 Å². The van der Waals surface area contributed by atoms with Crippen LogP contribution in [0.4, 0.5) is 4.39 Å². The Hall–Kier alpha value is -1.99. The summed E-state index contributed by atoms with van der Waals surface area (Å²) in [6.45, 7) is 2.91. The van der Waals surface area contributed by atoms with E-state index in [1.165, 1.54) is 0 Å². The third-order valence-electron chi connectivity index (χ3n) is 4.58. The third-order valence-corrected chi connectivity index (χ3v) is 4.58. The van der Waals surface area contributed by atoms with E-state index in [1.54, 1.807) is 29.2 Å². The standard InChI is InChI=1S/C17H22FN3O3/c18-14-9-15(17(23)20-5-7-24-8-6-20)21(11-14)10-12-1-3-13(4-2-12)16(19)22/h1-4,14-15H,5-11H2,(H2,19,22)/t14-,15+/m1/s1. The van der Waals surface area contributed by atoms with E-state index >= 15 is 0 Å². The van der Waals surface area contributed by atoms with Gasteiger partial charge in [-0.3, -0.25) is 14.5 Å². The van der Waals surface area contributed by atoms with Crippen LogP contribution in [0.25, 0.3) is 0 Å². The monoisotopic (exact) mass is 335 g/mol. The summed E-state index contributed by atoms with van der Waals surface area (Å²) < 4.78 is 19.2. The molecule has 2 aliphatic heterocycles. The Balaban J connectivity index is 1.68. The van der Waals surface area contributed by atoms with Crippen LogP contribution in [-0.4, -0.2) is 66.7 Å². The van der Waals surface area contributed by atoms with Crippen molar-refractivity contribution in [1.29, 1.82) is 0 Å². The molecule has 0 unspecified atom stereocenters. The number of carbonyl (C=O) groups excluding carboxylic acids is 2. The topological polar surface area (TPSA) is 75.9 Å². The molecular formula is C17H22FN3O3. The summed E-state index contributed by atoms with van der Waals surface area (Å²) in [7, 11) is 0. The Kier molecular flexibility index (Phi) is 5.11. The Labute approximate surface area is 140 Å². The van der Waals surface area contributed by atoms with E-state index in [1.807, 2.05) is 4.90 Å². The molecule has 2 aliphatic rings. The molecular weight excluding hydrogens is 313 g/mol. The van der Waals surface area contributed by atoms with Gasteiger partial charge in [0.25, 0.3) is 0 Å². The summed E-state index contributed by atoms with van der Waals surface area (Å²) in [5, 5.41) is 0. The fraction of sp³-hybridized carbons (Fsp3) is 0.529. The number of alkyl halides is 1. The number of halogens is 1. The second-order valence-electron chi connectivity index (χ2n) is 6.28. The Morgan fingerprint density at radius 1 is 1.21 bits per heavy atom. The molecule has 2 fully saturated rings. The number of nitrogens with two attached hydrogens (primary N) is 1. The van der Waals surface area contributed by atoms with E-state index in [2.05, 4.69) is 0 Å². The SMILES string of the molecule is NC(=O)c1ccc(CN2C[C@H](F)C[C@H]2C(=O)N2CCOCC2)cc1. The largest absolute Gasteiger partial charge is 0.378 e. The van der Waals surface area contributed by atoms with E-state index in [9.17, 15) is 14.0 Å². The predicted molar refractivity (Wildman–Crippen MR) is 86.1 cm³/mol. The molecule has 3 rings (SSSR count). The van der Waals surface area contributed by atoms with E-state index in [0.29, 0.717) is 38.4 Å². The fourth-order valence-corrected chi connectivity index (χ4v) is 3.28. The van der Waals surface area contributed by atoms with Crippen molar-refractivity contribution in [1.82, 2.24) is 9.80 Å². The van der Waals surface area contributed by atoms with Crippen LogP contribution < -0.4 is 5.73 Å². The first kappa shape index (κ1) is 16.9. The van der Waals surface area contributed by atoms with Gasteiger partial charge in [0, 0.05) is 38.2 Å². The van der Waals surface area contributed by atoms with Crippen molar-refractivity contribution in [2.45, 2.75) is 25.2 Å². The molecule has 1 aromatic carbocycles. The lowest BCUT2D eigenvalue weighted by Gasteiger charge is -2.32. The summed E-state index contributed by atoms with van der Waals surface area (Å²) in [6.07, 6.45) is -0.764. The minimum Gasteiger partial charge on any atom is -0.378 e. The molecule has 2 N–H and O–H groups in total. The molecule has 0 aromatic heterocycles. The van der Waals surface area contributed by atoms with Crippen LogP contribution in [-0.2, 0) is 16.1 Å². The van der Waals surface area contributed by atoms with Gasteiger partial charge in [-0.2, -0.15) is 0 Å². The number of morpholine rings is 1. The van der Waals surface area contributed by atoms with Gasteiger partial charge in [0.2, 0.25) is 11.8 Å². The maximum absolute atomic E-state index is 13.9. The second kappa shape index (κ2) is 7.27. The van der Waals surface area contributed by atoms with E-state index in [0.717, 1.165) is 5.56 Å². The quantitative estimate of drug-likeness (QED) is 0.872. The summed E-state index contributed by atoms with van der Waals surface area (Å²) in [6, 6.07) is 6.46. The number of rotatable bonds is 4. The maximum atomic E-state index is 13.9. The minimum absolute atomic E-state index is 0.0211. The van der Waals surface area contributed by atoms with Crippen molar-refractivity contribution < 1.29 is 18.7 Å². The highest BCUT2D eigenvalue weighted by Gasteiger charge is 2.39. The predicted octanol–water partition coefficient (Wildman–Crippen LogP) is 0.557. The number of benzene rings is 1. The Morgan fingerprint density at radius 3 is 2.50 bits per heavy atom. The average molecular weight is 335 g/mol. The molecule has 2 amide bonds. The van der Waals surface area contributed by atoms with Crippen LogP contribution in [0.3, 0.4) is 0 Å². The molecule has 2 atom stereocenters. The minimum atomic E-state index is -0.995. The molecule has 2 heterocycles. The highest BCUT2D eigenvalue weighted by molar-refractivity contribution is 5.92. The molecule has 0 radical (unpaired) electrons. The molecule has 0 saturated carbocycles. The smallest absolute Gasteiger partial charge is 0.248 e. The number of amides is 2. The first-order valence-corrected chi connectivity index (χ1v) is 8.18. The van der Waals surface area contributed by atoms with Gasteiger partial charge in [0.1, 0.15) is 6.17 Å². The van der Waals surface area contributed by atoms with Gasteiger partial charge >= 0.3 is 0 Å². The second-order valence-corrected chi connectivity index (χ2v) is 6.28. The van der Waals surface area contributed by atoms with Crippen molar-refractivity contribution in [3.05, 3.63) is 35.4 Å². The zero-order valence-corrected chi connectivity index (χ0v) is 13.5. The van der Waals surface area contributed by atoms with Crippen molar-refractivity contribution >= 4 is 11.8 Å². The molecule has 2 saturated heterocycles. The molecule has 1 aromatic rings. The lowest BCUT2D eigenvalue weighted by atomic mass is 10.1. The molecule has 0 spiro atoms. The fourth-order valence-electron chi connectivity index (χ4n) is 3.28. The number of hydrogen-bond acceptors (Lipinski definition) is 4. The van der Waals surface area contributed by atoms with Crippen LogP contribution in [0.15, 0.2) is 24.3 Å². The van der Waals surface area contributed by atoms with Crippen LogP contribution in [0.2, 0.25) is 0 Å². The van der Waals surface area contributed by atoms with Crippen LogP contribution >= 0.6 is 0 Å². The lowest BCUT2D eigenvalue weighted by molar-refractivity contribution is -0.140. The summed E-state index contributed by atoms with van der Waals surface area (Å²) >= 11 is 0. The van der Waals surface area contributed by atoms with Gasteiger partial charge in [0.05, 0.1) is 19.3 Å². The number of hydrogen-bond donors (Lipinski definition) is 1. The summed E-state index contributed by atoms with van der Waals surface area (Å²) in [5.41, 5.74) is 6.59. The zero-order valence-electron chi connectivity index (χ0n) is 13.5. The van der Waals surface area contributed by atoms with Gasteiger partial charge in [-0.25, -0.2) is 4.39 Å². The third kappa shape index (κ3) is 3.73. The molecule has 24 heavy (non-hydrogen) atoms. The van der Waals surface area contributed by atoms with Crippen LogP contribution in [0, 0.1) is 0 Å². The first-order chi connectivity index (χ1) is 11.5. The molecule has 6 nitrogen and oxygen atoms in total. The van der Waals surface area contributed by atoms with Crippen LogP contribution in [0.1, 0.15) is 22.3 Å². The maximum Gasteiger partial charge on any atom is 0.248 e. The van der Waals surface area contributed by atoms with Gasteiger partial charge in [-0.1, -0.05) is 12.1 Å². The molecule has 130 valence electrons. The summed E-state index contributed by atoms with van der Waals surface area (Å²) in [4.78, 5) is 27.4. The normalized spacial score (nSPS) is 25.0. The number of ether oxygens (including phenoxy) is 1. The number of nitrogens with zero attached hydrogens (tertiary/aromatic N) is 2. The van der Waals surface area contributed by atoms with Gasteiger partial charge < -0.3 is 15.4 Å². The van der Waals surface area contributed by atoms with E-state index < -0.39 is 18.1 Å². The highest BCUT2D eigenvalue weighted by Crippen LogP contribution is 2.25. The molecule has 0 bridgehead atoms. The van der Waals surface area contributed by atoms with Crippen molar-refractivity contribution in [3.63, 3.8) is 0 Å². The number of primary amides is 1. The Morgan fingerprint density at radius 2 is 1.88 bits per heavy atom. The van der Waals surface area contributed by atoms with E-state index in [4.69, 9.17) is 10.5 Å². The van der Waals surface area contributed by atoms with Gasteiger partial charge in [-0.05, 0) is 17.7 Å². The van der Waals surface area contributed by atoms with E-state index in [-0.39, 0.29) is 18.9 Å². The Bertz CT molecular complexity index is 602. The number of likely N-dealkylation sites (tertiary alicyclic amines) is 1. The highest BCUT2D eigenvalue weighted by atomic mass is 19.1. The van der Waals surface area contributed by atoms with Crippen molar-refractivity contribution in [3.8, 4) is 0 Å². The lowest BCUT2D eigenvalue weighted by Crippen LogP contribution is -2.49. The van der Waals surface area contributed by atoms with Gasteiger partial charge in [-0.15, -0.1) is 0 Å². The number of carbonyl (C=O) groups is 2. The summed E-state index contributed by atoms with van der Waals surface area (Å²) in [5.74, 6) is -0.501. The molecule has 7 heteroatoms. The van der Waals surface area contributed by atoms with Gasteiger partial charge in [0.15, 0.2) is 0 Å². The molecule has 0 aliphatic carbocycles. The van der Waals surface area contributed by atoms with Crippen LogP contribution in [0.5, 0.6) is 0 Å². The first-order valence-electron chi connectivity index (χ1n) is 8.18. The van der Waals surface area contributed by atoms with Crippen molar-refractivity contribution in [2.24, 2.45) is 5.73 Å². The zero-order chi connectivity index (χ0) is 17.1. The average Bonchev–Trinajstić information content (AvgIpc) is 2.96.